The third-order valence-electron chi connectivity index (χ3n) is 10.4. The van der Waals surface area contributed by atoms with Crippen LogP contribution in [0.5, 0.6) is 11.5 Å². The number of fused-ring (bicyclic) bond motifs is 5. The van der Waals surface area contributed by atoms with Crippen LogP contribution in [0.4, 0.5) is 0 Å². The number of thioether (sulfide) groups is 2. The minimum absolute atomic E-state index is 0.0410. The lowest BCUT2D eigenvalue weighted by molar-refractivity contribution is -0.161. The minimum atomic E-state index is -0.501. The Hall–Kier alpha value is -2.76. The minimum Gasteiger partial charge on any atom is -0.507 e. The van der Waals surface area contributed by atoms with Crippen LogP contribution in [0.2, 0.25) is 0 Å². The van der Waals surface area contributed by atoms with Crippen LogP contribution in [0.25, 0.3) is 0 Å². The summed E-state index contributed by atoms with van der Waals surface area (Å²) in [5.74, 6) is 4.07. The van der Waals surface area contributed by atoms with Gasteiger partial charge in [0.2, 0.25) is 23.6 Å². The molecule has 0 spiro atoms. The van der Waals surface area contributed by atoms with Crippen LogP contribution in [0.15, 0.2) is 58.5 Å². The number of piperazine rings is 1. The summed E-state index contributed by atoms with van der Waals surface area (Å²) in [7, 11) is 7.51. The van der Waals surface area contributed by atoms with E-state index in [-0.39, 0.29) is 58.2 Å². The first kappa shape index (κ1) is 34.3. The number of para-hydroxylation sites is 2. The van der Waals surface area contributed by atoms with Gasteiger partial charge in [0.1, 0.15) is 48.9 Å². The highest BCUT2D eigenvalue weighted by atomic mass is 33.1. The normalized spacial score (nSPS) is 33.3. The summed E-state index contributed by atoms with van der Waals surface area (Å²) in [6.07, 6.45) is 0. The van der Waals surface area contributed by atoms with Crippen LogP contribution in [0.1, 0.15) is 11.1 Å². The van der Waals surface area contributed by atoms with Crippen LogP contribution in [-0.2, 0) is 19.1 Å². The van der Waals surface area contributed by atoms with Crippen LogP contribution < -0.4 is 0 Å². The van der Waals surface area contributed by atoms with Gasteiger partial charge in [0.25, 0.3) is 0 Å². The number of nitrogens with zero attached hydrogens (tertiary/aromatic N) is 6. The van der Waals surface area contributed by atoms with Crippen molar-refractivity contribution in [2.75, 3.05) is 63.4 Å². The van der Waals surface area contributed by atoms with Gasteiger partial charge >= 0.3 is 0 Å². The molecule has 266 valence electrons. The third kappa shape index (κ3) is 6.33. The van der Waals surface area contributed by atoms with E-state index in [9.17, 15) is 19.8 Å². The molecule has 0 saturated carbocycles. The monoisotopic (exact) mass is 756 g/mol. The fourth-order valence-electron chi connectivity index (χ4n) is 7.50. The Morgan fingerprint density at radius 2 is 1.10 bits per heavy atom. The number of rotatable bonds is 8. The summed E-state index contributed by atoms with van der Waals surface area (Å²) in [5.41, 5.74) is 1.19. The van der Waals surface area contributed by atoms with Crippen molar-refractivity contribution in [2.24, 2.45) is 9.98 Å². The number of phenols is 2. The molecule has 0 aromatic heterocycles. The number of ether oxygens (including phenoxy) is 2. The smallest absolute Gasteiger partial charge is 0.247 e. The number of likely N-dealkylation sites (N-methyl/N-ethyl adjacent to an activating group) is 2. The molecule has 2 aromatic rings. The first-order chi connectivity index (χ1) is 24.3. The van der Waals surface area contributed by atoms with Crippen molar-refractivity contribution in [1.29, 1.82) is 0 Å². The van der Waals surface area contributed by atoms with Crippen molar-refractivity contribution < 1.29 is 29.3 Å². The van der Waals surface area contributed by atoms with Gasteiger partial charge < -0.3 is 29.5 Å². The van der Waals surface area contributed by atoms with Gasteiger partial charge in [-0.15, -0.1) is 23.5 Å². The maximum Gasteiger partial charge on any atom is 0.247 e. The second kappa shape index (κ2) is 14.3. The summed E-state index contributed by atoms with van der Waals surface area (Å²) in [5, 5.41) is 20.7. The van der Waals surface area contributed by atoms with E-state index in [2.05, 4.69) is 23.9 Å². The zero-order valence-corrected chi connectivity index (χ0v) is 31.0. The Morgan fingerprint density at radius 3 is 1.52 bits per heavy atom. The van der Waals surface area contributed by atoms with Gasteiger partial charge in [-0.3, -0.25) is 19.4 Å². The number of hydrogen-bond donors (Lipinski definition) is 2. The Kier molecular flexibility index (Phi) is 9.85. The maximum atomic E-state index is 14.3. The van der Waals surface area contributed by atoms with E-state index in [4.69, 9.17) is 19.5 Å². The zero-order valence-electron chi connectivity index (χ0n) is 27.7. The molecule has 0 radical (unpaired) electrons. The lowest BCUT2D eigenvalue weighted by atomic mass is 10.0. The number of phenolic OH excluding ortho intramolecular Hbond substituents is 2. The average Bonchev–Trinajstić information content (AvgIpc) is 3.92. The van der Waals surface area contributed by atoms with Gasteiger partial charge in [0, 0.05) is 48.2 Å². The van der Waals surface area contributed by atoms with E-state index in [0.717, 1.165) is 11.5 Å². The Balaban J connectivity index is 0.920. The highest BCUT2D eigenvalue weighted by molar-refractivity contribution is 8.76. The topological polar surface area (TPSA) is 131 Å². The molecule has 2 amide bonds. The molecule has 5 saturated heterocycles. The average molecular weight is 757 g/mol. The van der Waals surface area contributed by atoms with Crippen molar-refractivity contribution in [3.8, 4) is 11.5 Å². The molecular weight excluding hydrogens is 717 g/mol. The molecular formula is C34H40N6O6S4. The highest BCUT2D eigenvalue weighted by Gasteiger charge is 2.51. The summed E-state index contributed by atoms with van der Waals surface area (Å²) >= 11 is 3.61. The summed E-state index contributed by atoms with van der Waals surface area (Å²) in [4.78, 5) is 46.5. The molecule has 5 fully saturated rings. The number of amides is 2. The maximum absolute atomic E-state index is 14.3. The Labute approximate surface area is 307 Å². The van der Waals surface area contributed by atoms with Crippen molar-refractivity contribution >= 4 is 68.7 Å². The molecule has 0 aliphatic carbocycles. The summed E-state index contributed by atoms with van der Waals surface area (Å²) in [6, 6.07) is 13.1. The van der Waals surface area contributed by atoms with Crippen molar-refractivity contribution in [1.82, 2.24) is 19.6 Å². The molecule has 8 atom stereocenters. The predicted molar refractivity (Wildman–Crippen MR) is 200 cm³/mol. The number of hydrogen-bond acceptors (Lipinski definition) is 14. The second-order valence-corrected chi connectivity index (χ2v) is 18.2. The molecule has 12 nitrogen and oxygen atoms in total. The van der Waals surface area contributed by atoms with Crippen LogP contribution in [0, 0.1) is 0 Å². The van der Waals surface area contributed by atoms with E-state index in [1.165, 1.54) is 0 Å². The molecule has 8 unspecified atom stereocenters. The SMILES string of the molecule is CN1C(CN2C(=O)C3CSSCC2C(=O)N3CC2CSC(C3COC(c4ccccc4O)=N3)N2C)CSC1C1COC(c2ccccc2O)=N1. The highest BCUT2D eigenvalue weighted by Crippen LogP contribution is 2.40. The second-order valence-electron chi connectivity index (χ2n) is 13.3. The van der Waals surface area contributed by atoms with Crippen LogP contribution in [-0.4, -0.2) is 164 Å². The third-order valence-corrected chi connectivity index (χ3v) is 15.9. The Morgan fingerprint density at radius 1 is 0.680 bits per heavy atom. The molecule has 7 aliphatic rings. The number of carbonyl (C=O) groups excluding carboxylic acids is 2. The number of aromatic hydroxyl groups is 2. The molecule has 50 heavy (non-hydrogen) atoms. The van der Waals surface area contributed by atoms with Crippen molar-refractivity contribution in [3.63, 3.8) is 0 Å². The number of aliphatic imine (C=N–C) groups is 2. The molecule has 2 bridgehead atoms. The first-order valence-electron chi connectivity index (χ1n) is 16.8. The fourth-order valence-corrected chi connectivity index (χ4v) is 13.0. The summed E-state index contributed by atoms with van der Waals surface area (Å²) < 4.78 is 11.8. The van der Waals surface area contributed by atoms with Gasteiger partial charge in [-0.05, 0) is 38.4 Å². The fraction of sp³-hybridized carbons (Fsp3) is 0.529. The standard InChI is InChI=1S/C34H40N6O6S4/c1-37-19(15-47-33(37)23-13-45-29(35-23)21-7-3-5-9-27(21)41)11-39-25-17-49-50-18-26(31(39)43)40(32(25)44)12-20-16-48-34(38(20)2)24-14-46-30(36-24)22-8-4-6-10-28(22)42/h3-10,19-20,23-26,33-34,41-42H,11-18H2,1-2H3. The van der Waals surface area contributed by atoms with Gasteiger partial charge in [0.15, 0.2) is 0 Å². The molecule has 2 N–H and O–H groups in total. The largest absolute Gasteiger partial charge is 0.507 e. The van der Waals surface area contributed by atoms with Gasteiger partial charge in [-0.25, -0.2) is 9.98 Å². The van der Waals surface area contributed by atoms with E-state index in [1.54, 1.807) is 81.5 Å². The van der Waals surface area contributed by atoms with Crippen molar-refractivity contribution in [2.45, 2.75) is 47.0 Å². The van der Waals surface area contributed by atoms with Gasteiger partial charge in [-0.1, -0.05) is 45.9 Å². The van der Waals surface area contributed by atoms with Gasteiger partial charge in [-0.2, -0.15) is 0 Å². The zero-order chi connectivity index (χ0) is 34.5. The van der Waals surface area contributed by atoms with Crippen LogP contribution >= 0.6 is 45.1 Å². The number of carbonyl (C=O) groups is 2. The summed E-state index contributed by atoms with van der Waals surface area (Å²) in [6.45, 7) is 1.85. The van der Waals surface area contributed by atoms with Crippen molar-refractivity contribution in [3.05, 3.63) is 59.7 Å². The molecule has 7 heterocycles. The first-order valence-corrected chi connectivity index (χ1v) is 21.4. The van der Waals surface area contributed by atoms with Crippen LogP contribution in [0.3, 0.4) is 0 Å². The molecule has 2 aromatic carbocycles. The predicted octanol–water partition coefficient (Wildman–Crippen LogP) is 2.64. The molecule has 7 aliphatic heterocycles. The van der Waals surface area contributed by atoms with E-state index in [1.807, 2.05) is 21.9 Å². The van der Waals surface area contributed by atoms with E-state index < -0.39 is 12.1 Å². The van der Waals surface area contributed by atoms with E-state index >= 15 is 0 Å². The van der Waals surface area contributed by atoms with Gasteiger partial charge in [0.05, 0.1) is 21.9 Å². The molecule has 9 rings (SSSR count). The Bertz CT molecular complexity index is 1580. The lowest BCUT2D eigenvalue weighted by Gasteiger charge is -2.48. The molecule has 16 heteroatoms. The lowest BCUT2D eigenvalue weighted by Crippen LogP contribution is -2.69. The van der Waals surface area contributed by atoms with E-state index in [0.29, 0.717) is 60.7 Å². The quantitative estimate of drug-likeness (QED) is 0.385. The number of benzene rings is 2.